The molecule has 0 saturated carbocycles. The molecule has 1 atom stereocenters. The maximum absolute atomic E-state index is 12.7. The molecule has 158 valence electrons. The third-order valence-corrected chi connectivity index (χ3v) is 5.94. The van der Waals surface area contributed by atoms with E-state index in [4.69, 9.17) is 0 Å². The summed E-state index contributed by atoms with van der Waals surface area (Å²) in [5.74, 6) is 1.81. The number of nitrogens with one attached hydrogen (secondary N) is 1. The smallest absolute Gasteiger partial charge is 0.224 e. The fourth-order valence-electron chi connectivity index (χ4n) is 4.30. The van der Waals surface area contributed by atoms with Gasteiger partial charge in [0.05, 0.1) is 11.4 Å². The third kappa shape index (κ3) is 4.17. The van der Waals surface area contributed by atoms with Crippen molar-refractivity contribution >= 4 is 22.6 Å². The number of amides is 1. The predicted octanol–water partition coefficient (Wildman–Crippen LogP) is 3.25. The lowest BCUT2D eigenvalue weighted by molar-refractivity contribution is -0.125. The van der Waals surface area contributed by atoms with E-state index in [1.54, 1.807) is 6.33 Å². The fourth-order valence-corrected chi connectivity index (χ4v) is 4.30. The molecule has 1 aromatic carbocycles. The number of benzene rings is 1. The van der Waals surface area contributed by atoms with Gasteiger partial charge in [-0.1, -0.05) is 18.2 Å². The van der Waals surface area contributed by atoms with Gasteiger partial charge in [-0.2, -0.15) is 0 Å². The van der Waals surface area contributed by atoms with Gasteiger partial charge in [0.1, 0.15) is 18.0 Å². The Balaban J connectivity index is 1.27. The second-order valence-electron chi connectivity index (χ2n) is 7.98. The average molecular weight is 415 g/mol. The summed E-state index contributed by atoms with van der Waals surface area (Å²) >= 11 is 0. The highest BCUT2D eigenvalue weighted by molar-refractivity contribution is 5.82. The van der Waals surface area contributed by atoms with Gasteiger partial charge in [-0.25, -0.2) is 9.97 Å². The van der Waals surface area contributed by atoms with Crippen molar-refractivity contribution in [1.82, 2.24) is 24.4 Å². The zero-order valence-electron chi connectivity index (χ0n) is 17.4. The summed E-state index contributed by atoms with van der Waals surface area (Å²) in [5, 5.41) is 4.27. The number of aromatic nitrogens is 4. The average Bonchev–Trinajstić information content (AvgIpc) is 3.49. The molecule has 5 rings (SSSR count). The molecule has 1 aliphatic heterocycles. The van der Waals surface area contributed by atoms with Gasteiger partial charge in [-0.15, -0.1) is 0 Å². The lowest BCUT2D eigenvalue weighted by Gasteiger charge is -2.33. The molecule has 0 spiro atoms. The van der Waals surface area contributed by atoms with Crippen molar-refractivity contribution in [3.63, 3.8) is 0 Å². The molecule has 7 heteroatoms. The lowest BCUT2D eigenvalue weighted by atomic mass is 9.97. The predicted molar refractivity (Wildman–Crippen MR) is 121 cm³/mol. The largest absolute Gasteiger partial charge is 0.356 e. The zero-order chi connectivity index (χ0) is 21.0. The zero-order valence-corrected chi connectivity index (χ0v) is 17.4. The molecule has 4 aromatic rings. The van der Waals surface area contributed by atoms with E-state index in [0.717, 1.165) is 43.1 Å². The number of hydrogen-bond donors (Lipinski definition) is 1. The van der Waals surface area contributed by atoms with Crippen LogP contribution in [0, 0.1) is 5.92 Å². The summed E-state index contributed by atoms with van der Waals surface area (Å²) in [5.41, 5.74) is 1.12. The van der Waals surface area contributed by atoms with Crippen LogP contribution in [0.25, 0.3) is 16.7 Å². The highest BCUT2D eigenvalue weighted by Crippen LogP contribution is 2.24. The summed E-state index contributed by atoms with van der Waals surface area (Å²) in [6.45, 7) is 3.01. The number of carbonyl (C=O) groups is 1. The quantitative estimate of drug-likeness (QED) is 0.526. The van der Waals surface area contributed by atoms with Gasteiger partial charge in [0.25, 0.3) is 0 Å². The normalized spacial score (nSPS) is 16.5. The lowest BCUT2D eigenvalue weighted by Crippen LogP contribution is -2.44. The van der Waals surface area contributed by atoms with E-state index in [-0.39, 0.29) is 11.8 Å². The van der Waals surface area contributed by atoms with Gasteiger partial charge in [0, 0.05) is 50.8 Å². The monoisotopic (exact) mass is 414 g/mol. The Labute approximate surface area is 181 Å². The SMILES string of the molecule is O=C(NCCn1cccc1)[C@@H]1CCCN(c2cc(-n3ccc4ccccc43)ncn2)C1. The number of anilines is 1. The molecule has 4 heterocycles. The standard InChI is InChI=1S/C24H26N6O/c31-24(25-10-15-28-11-3-4-12-28)20-7-5-13-29(17-20)22-16-23(27-18-26-22)30-14-9-19-6-1-2-8-21(19)30/h1-4,6,8-9,11-12,14,16,18,20H,5,7,10,13,15,17H2,(H,25,31)/t20-/m1/s1. The van der Waals surface area contributed by atoms with Gasteiger partial charge in [0.2, 0.25) is 5.91 Å². The van der Waals surface area contributed by atoms with Crippen LogP contribution in [0.3, 0.4) is 0 Å². The number of nitrogens with zero attached hydrogens (tertiary/aromatic N) is 5. The van der Waals surface area contributed by atoms with Gasteiger partial charge >= 0.3 is 0 Å². The second-order valence-corrected chi connectivity index (χ2v) is 7.98. The summed E-state index contributed by atoms with van der Waals surface area (Å²) in [6.07, 6.45) is 9.55. The number of hydrogen-bond acceptors (Lipinski definition) is 4. The Bertz CT molecular complexity index is 1170. The maximum atomic E-state index is 12.7. The molecular weight excluding hydrogens is 388 g/mol. The molecule has 0 radical (unpaired) electrons. The van der Waals surface area contributed by atoms with Gasteiger partial charge in [-0.3, -0.25) is 4.79 Å². The Hall–Kier alpha value is -3.61. The minimum absolute atomic E-state index is 0.0239. The molecular formula is C24H26N6O. The summed E-state index contributed by atoms with van der Waals surface area (Å²) < 4.78 is 4.15. The topological polar surface area (TPSA) is 68.0 Å². The van der Waals surface area contributed by atoms with Gasteiger partial charge < -0.3 is 19.4 Å². The minimum atomic E-state index is -0.0239. The van der Waals surface area contributed by atoms with Crippen LogP contribution in [-0.4, -0.2) is 44.6 Å². The van der Waals surface area contributed by atoms with Crippen molar-refractivity contribution in [2.24, 2.45) is 5.92 Å². The Morgan fingerprint density at radius 2 is 1.87 bits per heavy atom. The van der Waals surface area contributed by atoms with E-state index in [9.17, 15) is 4.79 Å². The first kappa shape index (κ1) is 19.4. The van der Waals surface area contributed by atoms with Crippen molar-refractivity contribution in [3.8, 4) is 5.82 Å². The van der Waals surface area contributed by atoms with Crippen molar-refractivity contribution in [3.05, 3.63) is 73.4 Å². The number of para-hydroxylation sites is 1. The van der Waals surface area contributed by atoms with Crippen molar-refractivity contribution < 1.29 is 4.79 Å². The van der Waals surface area contributed by atoms with Crippen molar-refractivity contribution in [2.75, 3.05) is 24.5 Å². The first-order valence-corrected chi connectivity index (χ1v) is 10.8. The molecule has 7 nitrogen and oxygen atoms in total. The first-order chi connectivity index (χ1) is 15.3. The number of piperidine rings is 1. The van der Waals surface area contributed by atoms with E-state index >= 15 is 0 Å². The Morgan fingerprint density at radius 1 is 1.03 bits per heavy atom. The second kappa shape index (κ2) is 8.63. The van der Waals surface area contributed by atoms with Crippen LogP contribution in [0.2, 0.25) is 0 Å². The summed E-state index contributed by atoms with van der Waals surface area (Å²) in [7, 11) is 0. The van der Waals surface area contributed by atoms with Crippen LogP contribution in [0.1, 0.15) is 12.8 Å². The number of rotatable bonds is 6. The first-order valence-electron chi connectivity index (χ1n) is 10.8. The number of fused-ring (bicyclic) bond motifs is 1. The molecule has 1 fully saturated rings. The molecule has 1 N–H and O–H groups in total. The molecule has 1 amide bonds. The molecule has 31 heavy (non-hydrogen) atoms. The minimum Gasteiger partial charge on any atom is -0.356 e. The Morgan fingerprint density at radius 3 is 2.77 bits per heavy atom. The maximum Gasteiger partial charge on any atom is 0.224 e. The summed E-state index contributed by atoms with van der Waals surface area (Å²) in [6, 6.07) is 16.3. The van der Waals surface area contributed by atoms with Gasteiger partial charge in [-0.05, 0) is 42.5 Å². The Kier molecular flexibility index (Phi) is 5.39. The molecule has 1 saturated heterocycles. The fraction of sp³-hybridized carbons (Fsp3) is 0.292. The molecule has 3 aromatic heterocycles. The highest BCUT2D eigenvalue weighted by atomic mass is 16.1. The van der Waals surface area contributed by atoms with Crippen LogP contribution in [0.15, 0.2) is 73.4 Å². The van der Waals surface area contributed by atoms with E-state index < -0.39 is 0 Å². The molecule has 0 aliphatic carbocycles. The summed E-state index contributed by atoms with van der Waals surface area (Å²) in [4.78, 5) is 23.9. The van der Waals surface area contributed by atoms with E-state index in [2.05, 4.69) is 47.5 Å². The van der Waals surface area contributed by atoms with Crippen LogP contribution >= 0.6 is 0 Å². The van der Waals surface area contributed by atoms with Gasteiger partial charge in [0.15, 0.2) is 0 Å². The van der Waals surface area contributed by atoms with Crippen LogP contribution in [-0.2, 0) is 11.3 Å². The van der Waals surface area contributed by atoms with E-state index in [1.807, 2.05) is 48.9 Å². The molecule has 1 aliphatic rings. The third-order valence-electron chi connectivity index (χ3n) is 5.94. The van der Waals surface area contributed by atoms with Crippen LogP contribution in [0.5, 0.6) is 0 Å². The highest BCUT2D eigenvalue weighted by Gasteiger charge is 2.26. The van der Waals surface area contributed by atoms with E-state index in [1.165, 1.54) is 5.39 Å². The molecule has 0 unspecified atom stereocenters. The number of carbonyl (C=O) groups excluding carboxylic acids is 1. The van der Waals surface area contributed by atoms with E-state index in [0.29, 0.717) is 13.1 Å². The van der Waals surface area contributed by atoms with Crippen molar-refractivity contribution in [1.29, 1.82) is 0 Å². The van der Waals surface area contributed by atoms with Crippen LogP contribution < -0.4 is 10.2 Å². The van der Waals surface area contributed by atoms with Crippen molar-refractivity contribution in [2.45, 2.75) is 19.4 Å². The van der Waals surface area contributed by atoms with Crippen LogP contribution in [0.4, 0.5) is 5.82 Å². The molecule has 0 bridgehead atoms.